The first-order valence-electron chi connectivity index (χ1n) is 11.6. The zero-order valence-corrected chi connectivity index (χ0v) is 17.8. The fourth-order valence-electron chi connectivity index (χ4n) is 5.15. The quantitative estimate of drug-likeness (QED) is 0.343. The fourth-order valence-corrected chi connectivity index (χ4v) is 5.15. The highest BCUT2D eigenvalue weighted by Crippen LogP contribution is 2.38. The zero-order valence-electron chi connectivity index (χ0n) is 17.8. The summed E-state index contributed by atoms with van der Waals surface area (Å²) in [5.74, 6) is -0.177. The van der Waals surface area contributed by atoms with E-state index in [1.54, 1.807) is 0 Å². The fraction of sp³-hybridized carbons (Fsp3) is 0.615. The van der Waals surface area contributed by atoms with Crippen molar-refractivity contribution in [3.8, 4) is 5.75 Å². The molecule has 3 rings (SSSR count). The molecule has 160 valence electrons. The Morgan fingerprint density at radius 2 is 1.62 bits per heavy atom. The van der Waals surface area contributed by atoms with Gasteiger partial charge in [0.25, 0.3) is 0 Å². The van der Waals surface area contributed by atoms with Crippen LogP contribution in [0.15, 0.2) is 30.4 Å². The molecule has 0 aromatic heterocycles. The molecule has 0 amide bonds. The number of hydrogen-bond donors (Lipinski definition) is 1. The van der Waals surface area contributed by atoms with E-state index in [-0.39, 0.29) is 0 Å². The van der Waals surface area contributed by atoms with Crippen molar-refractivity contribution in [2.75, 3.05) is 0 Å². The van der Waals surface area contributed by atoms with Crippen LogP contribution in [0, 0.1) is 29.4 Å². The molecular formula is C26H36F2O. The summed E-state index contributed by atoms with van der Waals surface area (Å²) in [5, 5.41) is 9.30. The number of aromatic hydroxyl groups is 1. The maximum atomic E-state index is 14.1. The molecule has 0 saturated heterocycles. The van der Waals surface area contributed by atoms with E-state index in [4.69, 9.17) is 0 Å². The summed E-state index contributed by atoms with van der Waals surface area (Å²) in [7, 11) is 0. The second-order valence-electron chi connectivity index (χ2n) is 9.09. The number of phenols is 1. The minimum absolute atomic E-state index is 0.312. The van der Waals surface area contributed by atoms with Gasteiger partial charge >= 0.3 is 0 Å². The Morgan fingerprint density at radius 1 is 0.931 bits per heavy atom. The van der Waals surface area contributed by atoms with Crippen LogP contribution in [0.4, 0.5) is 8.78 Å². The second kappa shape index (κ2) is 10.9. The van der Waals surface area contributed by atoms with Gasteiger partial charge in [-0.1, -0.05) is 56.8 Å². The molecule has 1 saturated carbocycles. The van der Waals surface area contributed by atoms with Gasteiger partial charge in [-0.3, -0.25) is 0 Å². The normalized spacial score (nSPS) is 25.3. The molecule has 1 atom stereocenters. The van der Waals surface area contributed by atoms with E-state index in [9.17, 15) is 13.9 Å². The van der Waals surface area contributed by atoms with E-state index in [2.05, 4.69) is 25.2 Å². The van der Waals surface area contributed by atoms with Crippen molar-refractivity contribution in [3.05, 3.63) is 47.6 Å². The molecule has 0 aliphatic heterocycles. The predicted molar refractivity (Wildman–Crippen MR) is 117 cm³/mol. The van der Waals surface area contributed by atoms with Gasteiger partial charge in [0.15, 0.2) is 11.6 Å². The molecule has 1 N–H and O–H groups in total. The average molecular weight is 403 g/mol. The number of phenolic OH excluding ortho intramolecular Hbond substituents is 1. The Balaban J connectivity index is 1.39. The number of unbranched alkanes of at least 4 members (excludes halogenated alkanes) is 1. The van der Waals surface area contributed by atoms with E-state index >= 15 is 0 Å². The summed E-state index contributed by atoms with van der Waals surface area (Å²) in [4.78, 5) is 0. The Hall–Kier alpha value is -1.64. The predicted octanol–water partition coefficient (Wildman–Crippen LogP) is 8.19. The molecule has 2 aliphatic rings. The summed E-state index contributed by atoms with van der Waals surface area (Å²) in [6.45, 7) is 2.10. The van der Waals surface area contributed by atoms with Crippen LogP contribution in [-0.4, -0.2) is 5.11 Å². The molecule has 1 aromatic rings. The van der Waals surface area contributed by atoms with Gasteiger partial charge in [0.1, 0.15) is 0 Å². The van der Waals surface area contributed by atoms with Gasteiger partial charge in [-0.05, 0) is 80.9 Å². The number of benzene rings is 1. The maximum absolute atomic E-state index is 14.1. The second-order valence-corrected chi connectivity index (χ2v) is 9.09. The lowest BCUT2D eigenvalue weighted by Gasteiger charge is -2.30. The summed E-state index contributed by atoms with van der Waals surface area (Å²) in [5.41, 5.74) is 1.20. The average Bonchev–Trinajstić information content (AvgIpc) is 2.75. The number of halogens is 2. The van der Waals surface area contributed by atoms with Gasteiger partial charge < -0.3 is 5.11 Å². The highest BCUT2D eigenvalue weighted by atomic mass is 19.2. The minimum atomic E-state index is -1.14. The molecule has 0 heterocycles. The number of rotatable bonds is 8. The lowest BCUT2D eigenvalue weighted by molar-refractivity contribution is 0.236. The van der Waals surface area contributed by atoms with Crippen molar-refractivity contribution >= 4 is 5.57 Å². The SMILES string of the molecule is C/C=C\CCCC1CCC(CCC2CC=C(c3ccc(O)c(F)c3F)CC2)CC1. The van der Waals surface area contributed by atoms with Gasteiger partial charge in [-0.15, -0.1) is 0 Å². The van der Waals surface area contributed by atoms with Crippen LogP contribution < -0.4 is 0 Å². The zero-order chi connectivity index (χ0) is 20.6. The molecule has 0 bridgehead atoms. The van der Waals surface area contributed by atoms with Crippen molar-refractivity contribution in [1.29, 1.82) is 0 Å². The van der Waals surface area contributed by atoms with Crippen molar-refractivity contribution in [1.82, 2.24) is 0 Å². The summed E-state index contributed by atoms with van der Waals surface area (Å²) in [6, 6.07) is 2.74. The third kappa shape index (κ3) is 6.17. The van der Waals surface area contributed by atoms with Crippen LogP contribution in [0.1, 0.15) is 89.5 Å². The number of hydrogen-bond acceptors (Lipinski definition) is 1. The van der Waals surface area contributed by atoms with Gasteiger partial charge in [0.05, 0.1) is 0 Å². The smallest absolute Gasteiger partial charge is 0.200 e. The van der Waals surface area contributed by atoms with E-state index in [0.29, 0.717) is 11.5 Å². The van der Waals surface area contributed by atoms with Gasteiger partial charge in [0, 0.05) is 5.56 Å². The van der Waals surface area contributed by atoms with Crippen molar-refractivity contribution in [3.63, 3.8) is 0 Å². The van der Waals surface area contributed by atoms with Crippen LogP contribution >= 0.6 is 0 Å². The molecule has 2 aliphatic carbocycles. The maximum Gasteiger partial charge on any atom is 0.200 e. The summed E-state index contributed by atoms with van der Waals surface area (Å²) < 4.78 is 27.7. The molecular weight excluding hydrogens is 366 g/mol. The number of allylic oxidation sites excluding steroid dienone is 4. The van der Waals surface area contributed by atoms with Crippen LogP contribution in [-0.2, 0) is 0 Å². The summed E-state index contributed by atoms with van der Waals surface area (Å²) in [6.07, 6.45) is 21.4. The first-order valence-corrected chi connectivity index (χ1v) is 11.6. The van der Waals surface area contributed by atoms with E-state index in [0.717, 1.165) is 36.7 Å². The largest absolute Gasteiger partial charge is 0.505 e. The van der Waals surface area contributed by atoms with E-state index in [1.165, 1.54) is 69.9 Å². The Bertz CT molecular complexity index is 714. The first kappa shape index (κ1) is 22.1. The Morgan fingerprint density at radius 3 is 2.28 bits per heavy atom. The monoisotopic (exact) mass is 402 g/mol. The molecule has 29 heavy (non-hydrogen) atoms. The lowest BCUT2D eigenvalue weighted by Crippen LogP contribution is -2.16. The molecule has 1 fully saturated rings. The Kier molecular flexibility index (Phi) is 8.32. The third-order valence-electron chi connectivity index (χ3n) is 7.10. The van der Waals surface area contributed by atoms with Crippen LogP contribution in [0.3, 0.4) is 0 Å². The van der Waals surface area contributed by atoms with Crippen molar-refractivity contribution in [2.24, 2.45) is 17.8 Å². The topological polar surface area (TPSA) is 20.2 Å². The first-order chi connectivity index (χ1) is 14.1. The summed E-state index contributed by atoms with van der Waals surface area (Å²) >= 11 is 0. The van der Waals surface area contributed by atoms with Gasteiger partial charge in [-0.25, -0.2) is 4.39 Å². The Labute approximate surface area is 174 Å². The van der Waals surface area contributed by atoms with E-state index < -0.39 is 17.4 Å². The van der Waals surface area contributed by atoms with E-state index in [1.807, 2.05) is 0 Å². The lowest BCUT2D eigenvalue weighted by atomic mass is 9.76. The van der Waals surface area contributed by atoms with Crippen LogP contribution in [0.2, 0.25) is 0 Å². The van der Waals surface area contributed by atoms with Crippen LogP contribution in [0.5, 0.6) is 5.75 Å². The third-order valence-corrected chi connectivity index (χ3v) is 7.10. The minimum Gasteiger partial charge on any atom is -0.505 e. The van der Waals surface area contributed by atoms with Gasteiger partial charge in [-0.2, -0.15) is 4.39 Å². The molecule has 1 aromatic carbocycles. The highest BCUT2D eigenvalue weighted by Gasteiger charge is 2.24. The molecule has 0 radical (unpaired) electrons. The van der Waals surface area contributed by atoms with Gasteiger partial charge in [0.2, 0.25) is 5.82 Å². The highest BCUT2D eigenvalue weighted by molar-refractivity contribution is 5.67. The molecule has 1 unspecified atom stereocenters. The molecule has 3 heteroatoms. The standard InChI is InChI=1S/C26H36F2O/c1-2-3-4-5-6-19-7-9-20(10-8-19)11-12-21-13-15-22(16-14-21)23-17-18-24(29)26(28)25(23)27/h2-3,15,17-21,29H,4-14,16H2,1H3/b3-2-. The molecule has 1 nitrogen and oxygen atoms in total. The molecule has 0 spiro atoms. The van der Waals surface area contributed by atoms with Crippen molar-refractivity contribution < 1.29 is 13.9 Å². The van der Waals surface area contributed by atoms with Crippen LogP contribution in [0.25, 0.3) is 5.57 Å². The van der Waals surface area contributed by atoms with Crippen molar-refractivity contribution in [2.45, 2.75) is 84.0 Å².